The number of halogens is 1. The molecule has 0 N–H and O–H groups in total. The van der Waals surface area contributed by atoms with Crippen LogP contribution in [0.4, 0.5) is 4.39 Å². The molecule has 2 aromatic carbocycles. The average molecular weight is 462 g/mol. The zero-order valence-corrected chi connectivity index (χ0v) is 18.8. The van der Waals surface area contributed by atoms with Gasteiger partial charge in [-0.3, -0.25) is 4.90 Å². The van der Waals surface area contributed by atoms with Gasteiger partial charge in [0.15, 0.2) is 0 Å². The molecule has 6 nitrogen and oxygen atoms in total. The van der Waals surface area contributed by atoms with Gasteiger partial charge in [0.2, 0.25) is 10.0 Å². The van der Waals surface area contributed by atoms with Crippen LogP contribution in [-0.4, -0.2) is 60.6 Å². The van der Waals surface area contributed by atoms with Crippen LogP contribution in [-0.2, 0) is 16.4 Å². The van der Waals surface area contributed by atoms with Gasteiger partial charge in [-0.15, -0.1) is 0 Å². The highest BCUT2D eigenvalue weighted by atomic mass is 32.2. The fraction of sp³-hybridized carbons (Fsp3) is 0.409. The molecule has 0 saturated carbocycles. The first kappa shape index (κ1) is 20.8. The van der Waals surface area contributed by atoms with Crippen LogP contribution in [0.1, 0.15) is 18.4 Å². The first-order chi connectivity index (χ1) is 14.8. The number of piperazine rings is 1. The summed E-state index contributed by atoms with van der Waals surface area (Å²) >= 11 is 1.39. The maximum atomic E-state index is 13.3. The van der Waals surface area contributed by atoms with Crippen LogP contribution in [0.15, 0.2) is 42.5 Å². The maximum Gasteiger partial charge on any atom is 0.279 e. The summed E-state index contributed by atoms with van der Waals surface area (Å²) in [4.78, 5) is 6.82. The lowest BCUT2D eigenvalue weighted by Crippen LogP contribution is -2.55. The smallest absolute Gasteiger partial charge is 0.279 e. The van der Waals surface area contributed by atoms with Crippen LogP contribution in [0, 0.1) is 5.82 Å². The predicted molar refractivity (Wildman–Crippen MR) is 120 cm³/mol. The summed E-state index contributed by atoms with van der Waals surface area (Å²) in [7, 11) is -3.11. The Balaban J connectivity index is 1.19. The van der Waals surface area contributed by atoms with Crippen LogP contribution in [0.3, 0.4) is 0 Å². The zero-order chi connectivity index (χ0) is 21.6. The molecule has 3 aromatic rings. The largest absolute Gasteiger partial charge is 0.431 e. The van der Waals surface area contributed by atoms with Gasteiger partial charge >= 0.3 is 0 Å². The number of ether oxygens (including phenoxy) is 1. The summed E-state index contributed by atoms with van der Waals surface area (Å²) in [6.07, 6.45) is 4.34. The van der Waals surface area contributed by atoms with E-state index < -0.39 is 10.0 Å². The second-order valence-corrected chi connectivity index (χ2v) is 11.3. The van der Waals surface area contributed by atoms with Gasteiger partial charge in [0, 0.05) is 37.8 Å². The Bertz CT molecular complexity index is 1180. The molecule has 3 heterocycles. The zero-order valence-electron chi connectivity index (χ0n) is 17.2. The van der Waals surface area contributed by atoms with E-state index in [1.165, 1.54) is 35.3 Å². The summed E-state index contributed by atoms with van der Waals surface area (Å²) in [5, 5.41) is 0.494. The van der Waals surface area contributed by atoms with Crippen LogP contribution in [0.2, 0.25) is 0 Å². The van der Waals surface area contributed by atoms with Gasteiger partial charge in [0.05, 0.1) is 16.5 Å². The van der Waals surface area contributed by atoms with E-state index in [4.69, 9.17) is 4.74 Å². The van der Waals surface area contributed by atoms with Crippen LogP contribution >= 0.6 is 11.3 Å². The Kier molecular flexibility index (Phi) is 5.45. The number of sulfonamides is 1. The quantitative estimate of drug-likeness (QED) is 0.558. The number of hydrogen-bond acceptors (Lipinski definition) is 6. The lowest BCUT2D eigenvalue weighted by atomic mass is 10.1. The monoisotopic (exact) mass is 461 g/mol. The van der Waals surface area contributed by atoms with Crippen LogP contribution in [0.5, 0.6) is 10.9 Å². The minimum atomic E-state index is -3.11. The van der Waals surface area contributed by atoms with E-state index >= 15 is 0 Å². The Morgan fingerprint density at radius 3 is 2.52 bits per heavy atom. The molecule has 2 saturated heterocycles. The Morgan fingerprint density at radius 1 is 1.13 bits per heavy atom. The molecule has 164 valence electrons. The molecule has 0 aliphatic carbocycles. The SMILES string of the molecule is CS(=O)(=O)N1CC2CCC(C1)N2CCc1ccc(Oc2nc3cc(F)ccc3s2)cc1. The molecule has 0 radical (unpaired) electrons. The van der Waals surface area contributed by atoms with Crippen molar-refractivity contribution in [1.82, 2.24) is 14.2 Å². The molecule has 0 spiro atoms. The third-order valence-corrected chi connectivity index (χ3v) is 8.34. The standard InChI is InChI=1S/C22H24FN3O3S2/c1-31(27,28)25-13-17-5-6-18(14-25)26(17)11-10-15-2-7-19(8-3-15)29-22-24-20-12-16(23)4-9-21(20)30-22/h2-4,7-9,12,17-18H,5-6,10-11,13-14H2,1H3. The number of aromatic nitrogens is 1. The lowest BCUT2D eigenvalue weighted by molar-refractivity contribution is 0.112. The fourth-order valence-corrected chi connectivity index (χ4v) is 6.29. The number of hydrogen-bond donors (Lipinski definition) is 0. The summed E-state index contributed by atoms with van der Waals surface area (Å²) in [6, 6.07) is 13.1. The van der Waals surface area contributed by atoms with Crippen molar-refractivity contribution in [2.24, 2.45) is 0 Å². The first-order valence-electron chi connectivity index (χ1n) is 10.4. The number of benzene rings is 2. The summed E-state index contributed by atoms with van der Waals surface area (Å²) in [6.45, 7) is 2.14. The van der Waals surface area contributed by atoms with Crippen molar-refractivity contribution in [3.05, 3.63) is 53.8 Å². The minimum Gasteiger partial charge on any atom is -0.431 e. The third kappa shape index (κ3) is 4.45. The molecule has 2 fully saturated rings. The minimum absolute atomic E-state index is 0.306. The summed E-state index contributed by atoms with van der Waals surface area (Å²) in [5.41, 5.74) is 1.81. The van der Waals surface area contributed by atoms with Crippen molar-refractivity contribution in [3.8, 4) is 10.9 Å². The van der Waals surface area contributed by atoms with Gasteiger partial charge in [-0.2, -0.15) is 4.31 Å². The molecule has 2 aliphatic rings. The van der Waals surface area contributed by atoms with Gasteiger partial charge in [0.25, 0.3) is 5.19 Å². The Hall–Kier alpha value is -2.07. The predicted octanol–water partition coefficient (Wildman–Crippen LogP) is 3.88. The fourth-order valence-electron chi connectivity index (χ4n) is 4.59. The number of fused-ring (bicyclic) bond motifs is 3. The molecule has 2 unspecified atom stereocenters. The Labute approximate surface area is 185 Å². The normalized spacial score (nSPS) is 22.3. The van der Waals surface area contributed by atoms with Crippen molar-refractivity contribution < 1.29 is 17.5 Å². The van der Waals surface area contributed by atoms with E-state index in [0.717, 1.165) is 30.5 Å². The summed E-state index contributed by atoms with van der Waals surface area (Å²) in [5.74, 6) is 0.394. The van der Waals surface area contributed by atoms with Crippen molar-refractivity contribution in [1.29, 1.82) is 0 Å². The van der Waals surface area contributed by atoms with E-state index in [1.54, 1.807) is 10.4 Å². The second kappa shape index (κ2) is 8.12. The molecule has 31 heavy (non-hydrogen) atoms. The third-order valence-electron chi connectivity index (χ3n) is 6.19. The molecular weight excluding hydrogens is 437 g/mol. The van der Waals surface area contributed by atoms with Crippen molar-refractivity contribution in [3.63, 3.8) is 0 Å². The maximum absolute atomic E-state index is 13.3. The average Bonchev–Trinajstić information content (AvgIpc) is 3.21. The van der Waals surface area contributed by atoms with Crippen molar-refractivity contribution >= 4 is 31.6 Å². The van der Waals surface area contributed by atoms with Crippen LogP contribution in [0.25, 0.3) is 10.2 Å². The highest BCUT2D eigenvalue weighted by molar-refractivity contribution is 7.88. The van der Waals surface area contributed by atoms with Gasteiger partial charge in [0.1, 0.15) is 11.6 Å². The highest BCUT2D eigenvalue weighted by Gasteiger charge is 2.41. The number of thiazole rings is 1. The lowest BCUT2D eigenvalue weighted by Gasteiger charge is -2.39. The number of nitrogens with zero attached hydrogens (tertiary/aromatic N) is 3. The topological polar surface area (TPSA) is 62.7 Å². The molecular formula is C22H24FN3O3S2. The van der Waals surface area contributed by atoms with Gasteiger partial charge in [-0.1, -0.05) is 23.5 Å². The highest BCUT2D eigenvalue weighted by Crippen LogP contribution is 2.33. The van der Waals surface area contributed by atoms with E-state index in [1.807, 2.05) is 12.1 Å². The van der Waals surface area contributed by atoms with E-state index in [2.05, 4.69) is 22.0 Å². The number of rotatable bonds is 6. The molecule has 5 rings (SSSR count). The molecule has 2 atom stereocenters. The van der Waals surface area contributed by atoms with E-state index in [0.29, 0.717) is 41.6 Å². The van der Waals surface area contributed by atoms with Crippen LogP contribution < -0.4 is 4.74 Å². The van der Waals surface area contributed by atoms with Gasteiger partial charge in [-0.25, -0.2) is 17.8 Å². The summed E-state index contributed by atoms with van der Waals surface area (Å²) < 4.78 is 45.5. The molecule has 2 aliphatic heterocycles. The molecule has 1 aromatic heterocycles. The van der Waals surface area contributed by atoms with Gasteiger partial charge < -0.3 is 4.74 Å². The van der Waals surface area contributed by atoms with Crippen molar-refractivity contribution in [2.45, 2.75) is 31.3 Å². The first-order valence-corrected chi connectivity index (χ1v) is 13.1. The molecule has 2 bridgehead atoms. The van der Waals surface area contributed by atoms with Crippen molar-refractivity contribution in [2.75, 3.05) is 25.9 Å². The Morgan fingerprint density at radius 2 is 1.84 bits per heavy atom. The molecule has 0 amide bonds. The van der Waals surface area contributed by atoms with E-state index in [9.17, 15) is 12.8 Å². The second-order valence-electron chi connectivity index (χ2n) is 8.29. The van der Waals surface area contributed by atoms with E-state index in [-0.39, 0.29) is 5.82 Å². The molecule has 9 heteroatoms. The van der Waals surface area contributed by atoms with Gasteiger partial charge in [-0.05, 0) is 49.1 Å².